The number of hydrogen-bond acceptors (Lipinski definition) is 4. The molecule has 2 aliphatic heterocycles. The van der Waals surface area contributed by atoms with Gasteiger partial charge in [0.15, 0.2) is 11.5 Å². The summed E-state index contributed by atoms with van der Waals surface area (Å²) in [5, 5.41) is 0. The number of carbonyl (C=O) groups excluding carboxylic acids is 1. The second-order valence-electron chi connectivity index (χ2n) is 5.07. The predicted octanol–water partition coefficient (Wildman–Crippen LogP) is 1.08. The van der Waals surface area contributed by atoms with Crippen molar-refractivity contribution in [2.24, 2.45) is 0 Å². The van der Waals surface area contributed by atoms with Crippen molar-refractivity contribution < 1.29 is 14.3 Å². The minimum atomic E-state index is 0.193. The lowest BCUT2D eigenvalue weighted by Crippen LogP contribution is -2.34. The van der Waals surface area contributed by atoms with Crippen molar-refractivity contribution in [1.82, 2.24) is 9.80 Å². The highest BCUT2D eigenvalue weighted by atomic mass is 16.7. The molecule has 19 heavy (non-hydrogen) atoms. The molecule has 0 aliphatic carbocycles. The van der Waals surface area contributed by atoms with Gasteiger partial charge in [0, 0.05) is 26.7 Å². The minimum Gasteiger partial charge on any atom is -0.454 e. The summed E-state index contributed by atoms with van der Waals surface area (Å²) in [5.74, 6) is 1.80. The number of benzene rings is 1. The van der Waals surface area contributed by atoms with E-state index in [4.69, 9.17) is 9.47 Å². The molecule has 0 saturated carbocycles. The molecule has 1 fully saturated rings. The first-order valence-corrected chi connectivity index (χ1v) is 6.57. The Morgan fingerprint density at radius 3 is 2.95 bits per heavy atom. The van der Waals surface area contributed by atoms with Crippen molar-refractivity contribution in [3.8, 4) is 11.5 Å². The number of ether oxygens (including phenoxy) is 2. The Bertz CT molecular complexity index is 490. The highest BCUT2D eigenvalue weighted by molar-refractivity contribution is 5.78. The SMILES string of the molecule is CN1CCCN(Cc2ccc3c(c2)OCO3)CC1=O. The minimum absolute atomic E-state index is 0.193. The largest absolute Gasteiger partial charge is 0.454 e. The van der Waals surface area contributed by atoms with Gasteiger partial charge < -0.3 is 14.4 Å². The van der Waals surface area contributed by atoms with Gasteiger partial charge >= 0.3 is 0 Å². The maximum atomic E-state index is 11.8. The van der Waals surface area contributed by atoms with Crippen LogP contribution >= 0.6 is 0 Å². The molecule has 0 radical (unpaired) electrons. The van der Waals surface area contributed by atoms with E-state index in [1.165, 1.54) is 0 Å². The normalized spacial score (nSPS) is 19.6. The first kappa shape index (κ1) is 12.3. The molecule has 0 N–H and O–H groups in total. The maximum Gasteiger partial charge on any atom is 0.236 e. The average Bonchev–Trinajstić information content (AvgIpc) is 2.79. The van der Waals surface area contributed by atoms with Gasteiger partial charge in [-0.1, -0.05) is 6.07 Å². The van der Waals surface area contributed by atoms with Crippen LogP contribution in [-0.4, -0.2) is 49.2 Å². The maximum absolute atomic E-state index is 11.8. The Morgan fingerprint density at radius 2 is 2.05 bits per heavy atom. The third-order valence-electron chi connectivity index (χ3n) is 3.60. The molecule has 5 nitrogen and oxygen atoms in total. The van der Waals surface area contributed by atoms with Gasteiger partial charge in [-0.25, -0.2) is 0 Å². The van der Waals surface area contributed by atoms with Gasteiger partial charge in [-0.2, -0.15) is 0 Å². The summed E-state index contributed by atoms with van der Waals surface area (Å²) < 4.78 is 10.7. The molecule has 0 aromatic heterocycles. The zero-order valence-electron chi connectivity index (χ0n) is 11.1. The van der Waals surface area contributed by atoms with Gasteiger partial charge in [0.25, 0.3) is 0 Å². The number of hydrogen-bond donors (Lipinski definition) is 0. The van der Waals surface area contributed by atoms with E-state index in [2.05, 4.69) is 4.90 Å². The number of fused-ring (bicyclic) bond motifs is 1. The Morgan fingerprint density at radius 1 is 1.21 bits per heavy atom. The lowest BCUT2D eigenvalue weighted by atomic mass is 10.2. The smallest absolute Gasteiger partial charge is 0.236 e. The van der Waals surface area contributed by atoms with Gasteiger partial charge in [-0.15, -0.1) is 0 Å². The number of rotatable bonds is 2. The van der Waals surface area contributed by atoms with Gasteiger partial charge in [0.05, 0.1) is 6.54 Å². The van der Waals surface area contributed by atoms with Crippen molar-refractivity contribution in [2.75, 3.05) is 33.5 Å². The summed E-state index contributed by atoms with van der Waals surface area (Å²) in [6.45, 7) is 3.36. The summed E-state index contributed by atoms with van der Waals surface area (Å²) in [4.78, 5) is 15.8. The first-order valence-electron chi connectivity index (χ1n) is 6.57. The van der Waals surface area contributed by atoms with E-state index in [9.17, 15) is 4.79 Å². The molecule has 0 spiro atoms. The third kappa shape index (κ3) is 2.66. The summed E-state index contributed by atoms with van der Waals surface area (Å²) in [6, 6.07) is 5.97. The molecule has 0 bridgehead atoms. The van der Waals surface area contributed by atoms with Crippen LogP contribution in [0.2, 0.25) is 0 Å². The van der Waals surface area contributed by atoms with Crippen molar-refractivity contribution in [3.05, 3.63) is 23.8 Å². The van der Waals surface area contributed by atoms with E-state index < -0.39 is 0 Å². The Kier molecular flexibility index (Phi) is 3.29. The van der Waals surface area contributed by atoms with Crippen LogP contribution in [0.5, 0.6) is 11.5 Å². The number of likely N-dealkylation sites (N-methyl/N-ethyl adjacent to an activating group) is 1. The summed E-state index contributed by atoms with van der Waals surface area (Å²) in [6.07, 6.45) is 1.02. The summed E-state index contributed by atoms with van der Waals surface area (Å²) in [7, 11) is 1.87. The van der Waals surface area contributed by atoms with Crippen LogP contribution in [0, 0.1) is 0 Å². The van der Waals surface area contributed by atoms with E-state index >= 15 is 0 Å². The predicted molar refractivity (Wildman–Crippen MR) is 70.1 cm³/mol. The molecule has 5 heteroatoms. The first-order chi connectivity index (χ1) is 9.22. The average molecular weight is 262 g/mol. The van der Waals surface area contributed by atoms with Gasteiger partial charge in [-0.3, -0.25) is 9.69 Å². The Hall–Kier alpha value is -1.75. The monoisotopic (exact) mass is 262 g/mol. The molecule has 2 aliphatic rings. The van der Waals surface area contributed by atoms with Gasteiger partial charge in [0.1, 0.15) is 0 Å². The Labute approximate surface area is 112 Å². The van der Waals surface area contributed by atoms with E-state index in [0.717, 1.165) is 43.1 Å². The lowest BCUT2D eigenvalue weighted by Gasteiger charge is -2.19. The standard InChI is InChI=1S/C14H18N2O3/c1-15-5-2-6-16(9-14(15)17)8-11-3-4-12-13(7-11)19-10-18-12/h3-4,7H,2,5-6,8-10H2,1H3. The molecule has 1 saturated heterocycles. The van der Waals surface area contributed by atoms with Crippen molar-refractivity contribution in [3.63, 3.8) is 0 Å². The third-order valence-corrected chi connectivity index (χ3v) is 3.60. The lowest BCUT2D eigenvalue weighted by molar-refractivity contribution is -0.129. The zero-order chi connectivity index (χ0) is 13.2. The number of carbonyl (C=O) groups is 1. The number of nitrogens with zero attached hydrogens (tertiary/aromatic N) is 2. The summed E-state index contributed by atoms with van der Waals surface area (Å²) in [5.41, 5.74) is 1.15. The second kappa shape index (κ2) is 5.09. The molecule has 0 unspecified atom stereocenters. The molecular weight excluding hydrogens is 244 g/mol. The molecule has 2 heterocycles. The molecule has 1 aromatic carbocycles. The summed E-state index contributed by atoms with van der Waals surface area (Å²) >= 11 is 0. The van der Waals surface area contributed by atoms with Gasteiger partial charge in [0.2, 0.25) is 12.7 Å². The molecule has 1 amide bonds. The van der Waals surface area contributed by atoms with Crippen molar-refractivity contribution in [1.29, 1.82) is 0 Å². The van der Waals surface area contributed by atoms with Crippen molar-refractivity contribution in [2.45, 2.75) is 13.0 Å². The van der Waals surface area contributed by atoms with Gasteiger partial charge in [-0.05, 0) is 24.1 Å². The molecule has 102 valence electrons. The van der Waals surface area contributed by atoms with Crippen LogP contribution in [0.1, 0.15) is 12.0 Å². The fourth-order valence-electron chi connectivity index (χ4n) is 2.48. The van der Waals surface area contributed by atoms with Crippen LogP contribution in [0.25, 0.3) is 0 Å². The van der Waals surface area contributed by atoms with Crippen LogP contribution in [0.3, 0.4) is 0 Å². The molecule has 0 atom stereocenters. The van der Waals surface area contributed by atoms with E-state index in [-0.39, 0.29) is 5.91 Å². The van der Waals surface area contributed by atoms with Crippen LogP contribution in [0.4, 0.5) is 0 Å². The quantitative estimate of drug-likeness (QED) is 0.800. The molecular formula is C14H18N2O3. The van der Waals surface area contributed by atoms with E-state index in [1.54, 1.807) is 4.90 Å². The fourth-order valence-corrected chi connectivity index (χ4v) is 2.48. The molecule has 3 rings (SSSR count). The second-order valence-corrected chi connectivity index (χ2v) is 5.07. The topological polar surface area (TPSA) is 42.0 Å². The van der Waals surface area contributed by atoms with Crippen LogP contribution in [0.15, 0.2) is 18.2 Å². The van der Waals surface area contributed by atoms with Crippen LogP contribution < -0.4 is 9.47 Å². The number of amides is 1. The Balaban J connectivity index is 1.69. The van der Waals surface area contributed by atoms with Crippen LogP contribution in [-0.2, 0) is 11.3 Å². The zero-order valence-corrected chi connectivity index (χ0v) is 11.1. The fraction of sp³-hybridized carbons (Fsp3) is 0.500. The van der Waals surface area contributed by atoms with Crippen molar-refractivity contribution >= 4 is 5.91 Å². The highest BCUT2D eigenvalue weighted by Gasteiger charge is 2.20. The highest BCUT2D eigenvalue weighted by Crippen LogP contribution is 2.32. The van der Waals surface area contributed by atoms with E-state index in [0.29, 0.717) is 13.3 Å². The van der Waals surface area contributed by atoms with E-state index in [1.807, 2.05) is 25.2 Å². The molecule has 1 aromatic rings.